The number of unbranched alkanes of at least 4 members (excludes halogenated alkanes) is 2. The summed E-state index contributed by atoms with van der Waals surface area (Å²) in [5.41, 5.74) is 2.03. The van der Waals surface area contributed by atoms with Crippen molar-refractivity contribution in [2.45, 2.75) is 69.1 Å². The number of halogens is 1. The lowest BCUT2D eigenvalue weighted by Gasteiger charge is -2.21. The summed E-state index contributed by atoms with van der Waals surface area (Å²) in [7, 11) is 0. The standard InChI is InChI=1S/C17H26INO2/c1-4-9-17(3,18)10-7-5-6-8-14-12-19-13(2)11-15(14)16(20)21/h11-12H,4-10H2,1-3H3,(H,20,21). The van der Waals surface area contributed by atoms with E-state index in [9.17, 15) is 9.90 Å². The van der Waals surface area contributed by atoms with Gasteiger partial charge in [0.2, 0.25) is 0 Å². The minimum absolute atomic E-state index is 0.407. The van der Waals surface area contributed by atoms with E-state index >= 15 is 0 Å². The molecule has 0 spiro atoms. The Hall–Kier alpha value is -0.650. The highest BCUT2D eigenvalue weighted by molar-refractivity contribution is 14.1. The van der Waals surface area contributed by atoms with E-state index in [0.717, 1.165) is 30.5 Å². The first-order valence-corrected chi connectivity index (χ1v) is 8.81. The predicted molar refractivity (Wildman–Crippen MR) is 95.4 cm³/mol. The average molecular weight is 403 g/mol. The molecule has 0 saturated heterocycles. The molecule has 1 unspecified atom stereocenters. The van der Waals surface area contributed by atoms with Crippen molar-refractivity contribution in [2.75, 3.05) is 0 Å². The Labute approximate surface area is 141 Å². The molecule has 1 atom stereocenters. The van der Waals surface area contributed by atoms with E-state index in [2.05, 4.69) is 41.4 Å². The summed E-state index contributed by atoms with van der Waals surface area (Å²) in [6.07, 6.45) is 9.65. The van der Waals surface area contributed by atoms with Gasteiger partial charge in [-0.25, -0.2) is 4.79 Å². The maximum Gasteiger partial charge on any atom is 0.336 e. The van der Waals surface area contributed by atoms with Gasteiger partial charge in [-0.2, -0.15) is 0 Å². The van der Waals surface area contributed by atoms with Crippen molar-refractivity contribution < 1.29 is 9.90 Å². The summed E-state index contributed by atoms with van der Waals surface area (Å²) in [6.45, 7) is 6.38. The van der Waals surface area contributed by atoms with Gasteiger partial charge in [0.05, 0.1) is 5.56 Å². The Bertz CT molecular complexity index is 472. The Balaban J connectivity index is 2.41. The van der Waals surface area contributed by atoms with Gasteiger partial charge in [-0.05, 0) is 44.2 Å². The van der Waals surface area contributed by atoms with Crippen LogP contribution < -0.4 is 0 Å². The van der Waals surface area contributed by atoms with Gasteiger partial charge in [0.15, 0.2) is 0 Å². The molecule has 0 amide bonds. The normalized spacial score (nSPS) is 13.9. The number of aromatic nitrogens is 1. The van der Waals surface area contributed by atoms with Crippen LogP contribution in [0.15, 0.2) is 12.3 Å². The molecule has 0 aliphatic heterocycles. The Morgan fingerprint density at radius 2 is 2.05 bits per heavy atom. The monoisotopic (exact) mass is 403 g/mol. The smallest absolute Gasteiger partial charge is 0.336 e. The van der Waals surface area contributed by atoms with Crippen molar-refractivity contribution in [1.29, 1.82) is 0 Å². The van der Waals surface area contributed by atoms with Gasteiger partial charge in [-0.15, -0.1) is 0 Å². The number of carboxylic acid groups (broad SMARTS) is 1. The van der Waals surface area contributed by atoms with Crippen LogP contribution in [0.25, 0.3) is 0 Å². The van der Waals surface area contributed by atoms with Gasteiger partial charge >= 0.3 is 5.97 Å². The molecule has 1 N–H and O–H groups in total. The van der Waals surface area contributed by atoms with Crippen molar-refractivity contribution in [3.05, 3.63) is 29.1 Å². The lowest BCUT2D eigenvalue weighted by atomic mass is 9.97. The van der Waals surface area contributed by atoms with E-state index in [1.165, 1.54) is 25.7 Å². The highest BCUT2D eigenvalue weighted by Gasteiger charge is 2.18. The van der Waals surface area contributed by atoms with E-state index in [4.69, 9.17) is 0 Å². The highest BCUT2D eigenvalue weighted by atomic mass is 127. The van der Waals surface area contributed by atoms with Crippen LogP contribution in [0.2, 0.25) is 0 Å². The third-order valence-corrected chi connectivity index (χ3v) is 4.85. The first kappa shape index (κ1) is 18.4. The lowest BCUT2D eigenvalue weighted by Crippen LogP contribution is -2.14. The molecule has 0 fully saturated rings. The molecule has 21 heavy (non-hydrogen) atoms. The fourth-order valence-corrected chi connectivity index (χ4v) is 3.54. The summed E-state index contributed by atoms with van der Waals surface area (Å²) in [5, 5.41) is 9.23. The van der Waals surface area contributed by atoms with Crippen molar-refractivity contribution in [2.24, 2.45) is 0 Å². The second-order valence-electron chi connectivity index (χ2n) is 6.01. The van der Waals surface area contributed by atoms with Gasteiger partial charge in [-0.1, -0.05) is 55.7 Å². The maximum absolute atomic E-state index is 11.2. The molecule has 1 heterocycles. The zero-order chi connectivity index (χ0) is 15.9. The third-order valence-electron chi connectivity index (χ3n) is 3.77. The minimum Gasteiger partial charge on any atom is -0.478 e. The minimum atomic E-state index is -0.849. The van der Waals surface area contributed by atoms with Gasteiger partial charge in [0.1, 0.15) is 0 Å². The quantitative estimate of drug-likeness (QED) is 0.351. The van der Waals surface area contributed by atoms with Crippen LogP contribution >= 0.6 is 22.6 Å². The summed E-state index contributed by atoms with van der Waals surface area (Å²) < 4.78 is 0.407. The molecule has 0 radical (unpaired) electrons. The Kier molecular flexibility index (Phi) is 7.63. The van der Waals surface area contributed by atoms with E-state index in [1.54, 1.807) is 12.3 Å². The van der Waals surface area contributed by atoms with Crippen molar-refractivity contribution in [3.63, 3.8) is 0 Å². The molecule has 4 heteroatoms. The molecule has 0 aromatic carbocycles. The SMILES string of the molecule is CCCC(C)(I)CCCCCc1cnc(C)cc1C(=O)O. The number of rotatable bonds is 9. The van der Waals surface area contributed by atoms with Crippen molar-refractivity contribution in [1.82, 2.24) is 4.98 Å². The van der Waals surface area contributed by atoms with Crippen LogP contribution in [0, 0.1) is 6.92 Å². The van der Waals surface area contributed by atoms with Crippen molar-refractivity contribution in [3.8, 4) is 0 Å². The maximum atomic E-state index is 11.2. The van der Waals surface area contributed by atoms with E-state index in [-0.39, 0.29) is 0 Å². The summed E-state index contributed by atoms with van der Waals surface area (Å²) in [4.78, 5) is 15.5. The molecule has 0 aliphatic rings. The predicted octanol–water partition coefficient (Wildman–Crippen LogP) is 5.18. The largest absolute Gasteiger partial charge is 0.478 e. The van der Waals surface area contributed by atoms with E-state index in [0.29, 0.717) is 8.99 Å². The number of aryl methyl sites for hydroxylation is 2. The van der Waals surface area contributed by atoms with Crippen LogP contribution in [0.1, 0.15) is 74.0 Å². The lowest BCUT2D eigenvalue weighted by molar-refractivity contribution is 0.0695. The number of pyridine rings is 1. The summed E-state index contributed by atoms with van der Waals surface area (Å²) in [5.74, 6) is -0.849. The summed E-state index contributed by atoms with van der Waals surface area (Å²) in [6, 6.07) is 1.67. The number of aromatic carboxylic acids is 1. The molecule has 1 rings (SSSR count). The fourth-order valence-electron chi connectivity index (χ4n) is 2.62. The van der Waals surface area contributed by atoms with Crippen LogP contribution in [0.5, 0.6) is 0 Å². The number of nitrogens with zero attached hydrogens (tertiary/aromatic N) is 1. The topological polar surface area (TPSA) is 50.2 Å². The van der Waals surface area contributed by atoms with Crippen LogP contribution in [0.4, 0.5) is 0 Å². The molecule has 1 aromatic rings. The van der Waals surface area contributed by atoms with Gasteiger partial charge in [-0.3, -0.25) is 4.98 Å². The average Bonchev–Trinajstić information content (AvgIpc) is 2.39. The molecular formula is C17H26INO2. The second-order valence-corrected chi connectivity index (χ2v) is 8.62. The Morgan fingerprint density at radius 3 is 2.67 bits per heavy atom. The van der Waals surface area contributed by atoms with Crippen LogP contribution in [0.3, 0.4) is 0 Å². The molecule has 0 aliphatic carbocycles. The second kappa shape index (κ2) is 8.71. The van der Waals surface area contributed by atoms with Gasteiger partial charge < -0.3 is 5.11 Å². The highest BCUT2D eigenvalue weighted by Crippen LogP contribution is 2.30. The fraction of sp³-hybridized carbons (Fsp3) is 0.647. The third kappa shape index (κ3) is 6.76. The molecule has 0 bridgehead atoms. The van der Waals surface area contributed by atoms with E-state index < -0.39 is 5.97 Å². The number of carbonyl (C=O) groups is 1. The van der Waals surface area contributed by atoms with E-state index in [1.807, 2.05) is 6.92 Å². The first-order chi connectivity index (χ1) is 9.85. The molecule has 3 nitrogen and oxygen atoms in total. The number of hydrogen-bond donors (Lipinski definition) is 1. The molecule has 118 valence electrons. The Morgan fingerprint density at radius 1 is 1.33 bits per heavy atom. The zero-order valence-corrected chi connectivity index (χ0v) is 15.4. The number of alkyl halides is 1. The first-order valence-electron chi connectivity index (χ1n) is 7.73. The van der Waals surface area contributed by atoms with Gasteiger partial charge in [0, 0.05) is 15.3 Å². The number of carboxylic acids is 1. The molecule has 0 saturated carbocycles. The molecule has 1 aromatic heterocycles. The van der Waals surface area contributed by atoms with Gasteiger partial charge in [0.25, 0.3) is 0 Å². The summed E-state index contributed by atoms with van der Waals surface area (Å²) >= 11 is 2.57. The molecular weight excluding hydrogens is 377 g/mol. The van der Waals surface area contributed by atoms with Crippen molar-refractivity contribution >= 4 is 28.6 Å². The number of hydrogen-bond acceptors (Lipinski definition) is 2. The van der Waals surface area contributed by atoms with Crippen LogP contribution in [-0.2, 0) is 6.42 Å². The zero-order valence-electron chi connectivity index (χ0n) is 13.3. The van der Waals surface area contributed by atoms with Crippen LogP contribution in [-0.4, -0.2) is 19.5 Å².